The van der Waals surface area contributed by atoms with E-state index in [-0.39, 0.29) is 0 Å². The minimum absolute atomic E-state index is 0.522. The fourth-order valence-electron chi connectivity index (χ4n) is 2.16. The van der Waals surface area contributed by atoms with Crippen molar-refractivity contribution in [3.8, 4) is 11.5 Å². The van der Waals surface area contributed by atoms with Crippen LogP contribution in [0.15, 0.2) is 18.2 Å². The first-order chi connectivity index (χ1) is 9.72. The molecule has 0 spiro atoms. The van der Waals surface area contributed by atoms with Gasteiger partial charge in [0.2, 0.25) is 0 Å². The second kappa shape index (κ2) is 9.65. The van der Waals surface area contributed by atoms with Crippen LogP contribution >= 0.6 is 0 Å². The first kappa shape index (κ1) is 16.8. The van der Waals surface area contributed by atoms with Gasteiger partial charge in [0.15, 0.2) is 11.5 Å². The Labute approximate surface area is 123 Å². The average Bonchev–Trinajstić information content (AvgIpc) is 2.45. The molecule has 0 heterocycles. The van der Waals surface area contributed by atoms with Gasteiger partial charge in [-0.15, -0.1) is 0 Å². The quantitative estimate of drug-likeness (QED) is 0.657. The molecule has 1 unspecified atom stereocenters. The van der Waals surface area contributed by atoms with Gasteiger partial charge in [0.05, 0.1) is 13.2 Å². The number of ether oxygens (including phenoxy) is 2. The summed E-state index contributed by atoms with van der Waals surface area (Å²) in [6.07, 6.45) is 2.32. The van der Waals surface area contributed by atoms with E-state index in [4.69, 9.17) is 9.47 Å². The topological polar surface area (TPSA) is 30.5 Å². The van der Waals surface area contributed by atoms with Crippen molar-refractivity contribution in [3.63, 3.8) is 0 Å². The van der Waals surface area contributed by atoms with E-state index in [0.717, 1.165) is 31.0 Å². The molecule has 0 aliphatic rings. The molecule has 0 aliphatic heterocycles. The summed E-state index contributed by atoms with van der Waals surface area (Å²) in [4.78, 5) is 0. The van der Waals surface area contributed by atoms with Crippen LogP contribution < -0.4 is 14.8 Å². The molecule has 0 saturated heterocycles. The lowest BCUT2D eigenvalue weighted by molar-refractivity contribution is 0.287. The minimum Gasteiger partial charge on any atom is -0.490 e. The highest BCUT2D eigenvalue weighted by molar-refractivity contribution is 5.44. The molecule has 1 atom stereocenters. The van der Waals surface area contributed by atoms with Crippen molar-refractivity contribution in [2.45, 2.75) is 46.5 Å². The molecule has 114 valence electrons. The van der Waals surface area contributed by atoms with Crippen molar-refractivity contribution in [1.29, 1.82) is 0 Å². The first-order valence-electron chi connectivity index (χ1n) is 7.83. The van der Waals surface area contributed by atoms with Gasteiger partial charge in [-0.2, -0.15) is 0 Å². The van der Waals surface area contributed by atoms with Crippen LogP contribution in [0.25, 0.3) is 0 Å². The Morgan fingerprint density at radius 2 is 1.70 bits per heavy atom. The maximum atomic E-state index is 5.68. The number of rotatable bonds is 10. The Bertz CT molecular complexity index is 379. The van der Waals surface area contributed by atoms with E-state index in [9.17, 15) is 0 Å². The van der Waals surface area contributed by atoms with Crippen LogP contribution in [0.4, 0.5) is 0 Å². The number of nitrogens with one attached hydrogen (secondary N) is 1. The van der Waals surface area contributed by atoms with Crippen LogP contribution in [0.2, 0.25) is 0 Å². The minimum atomic E-state index is 0.522. The van der Waals surface area contributed by atoms with Gasteiger partial charge in [-0.25, -0.2) is 0 Å². The highest BCUT2D eigenvalue weighted by atomic mass is 16.5. The molecule has 1 rings (SSSR count). The zero-order valence-corrected chi connectivity index (χ0v) is 13.4. The molecule has 0 fully saturated rings. The van der Waals surface area contributed by atoms with Gasteiger partial charge in [0.1, 0.15) is 0 Å². The third-order valence-electron chi connectivity index (χ3n) is 3.32. The van der Waals surface area contributed by atoms with Crippen LogP contribution in [-0.4, -0.2) is 26.3 Å². The Morgan fingerprint density at radius 1 is 1.00 bits per heavy atom. The van der Waals surface area contributed by atoms with Crippen molar-refractivity contribution >= 4 is 0 Å². The Balaban J connectivity index is 2.66. The molecule has 3 nitrogen and oxygen atoms in total. The van der Waals surface area contributed by atoms with Crippen molar-refractivity contribution in [3.05, 3.63) is 23.8 Å². The molecule has 3 heteroatoms. The van der Waals surface area contributed by atoms with Crippen molar-refractivity contribution < 1.29 is 9.47 Å². The summed E-state index contributed by atoms with van der Waals surface area (Å²) < 4.78 is 11.3. The zero-order chi connectivity index (χ0) is 14.8. The fraction of sp³-hybridized carbons (Fsp3) is 0.647. The van der Waals surface area contributed by atoms with Gasteiger partial charge < -0.3 is 14.8 Å². The Morgan fingerprint density at radius 3 is 2.35 bits per heavy atom. The van der Waals surface area contributed by atoms with Crippen LogP contribution in [-0.2, 0) is 0 Å². The van der Waals surface area contributed by atoms with Crippen molar-refractivity contribution in [2.75, 3.05) is 26.3 Å². The summed E-state index contributed by atoms with van der Waals surface area (Å²) in [7, 11) is 0. The number of benzene rings is 1. The van der Waals surface area contributed by atoms with E-state index in [1.807, 2.05) is 19.9 Å². The SMILES string of the molecule is CCCNCCC(C)c1ccc(OCC)c(OCC)c1. The molecule has 0 aliphatic carbocycles. The summed E-state index contributed by atoms with van der Waals surface area (Å²) in [6, 6.07) is 6.30. The summed E-state index contributed by atoms with van der Waals surface area (Å²) in [5, 5.41) is 3.45. The molecular formula is C17H29NO2. The van der Waals surface area contributed by atoms with Crippen molar-refractivity contribution in [1.82, 2.24) is 5.32 Å². The van der Waals surface area contributed by atoms with Gasteiger partial charge >= 0.3 is 0 Å². The predicted octanol–water partition coefficient (Wildman–Crippen LogP) is 3.98. The summed E-state index contributed by atoms with van der Waals surface area (Å²) in [6.45, 7) is 11.9. The molecule has 1 N–H and O–H groups in total. The molecule has 1 aromatic carbocycles. The predicted molar refractivity (Wildman–Crippen MR) is 85.0 cm³/mol. The monoisotopic (exact) mass is 279 g/mol. The summed E-state index contributed by atoms with van der Waals surface area (Å²) >= 11 is 0. The maximum absolute atomic E-state index is 5.68. The fourth-order valence-corrected chi connectivity index (χ4v) is 2.16. The maximum Gasteiger partial charge on any atom is 0.161 e. The third-order valence-corrected chi connectivity index (χ3v) is 3.32. The van der Waals surface area contributed by atoms with Crippen molar-refractivity contribution in [2.24, 2.45) is 0 Å². The van der Waals surface area contributed by atoms with Crippen LogP contribution in [0.1, 0.15) is 52.0 Å². The lowest BCUT2D eigenvalue weighted by Gasteiger charge is -2.16. The standard InChI is InChI=1S/C17H29NO2/c1-5-11-18-12-10-14(4)15-8-9-16(19-6-2)17(13-15)20-7-3/h8-9,13-14,18H,5-7,10-12H2,1-4H3. The first-order valence-corrected chi connectivity index (χ1v) is 7.83. The second-order valence-corrected chi connectivity index (χ2v) is 5.01. The molecule has 0 bridgehead atoms. The lowest BCUT2D eigenvalue weighted by Crippen LogP contribution is -2.17. The smallest absolute Gasteiger partial charge is 0.161 e. The summed E-state index contributed by atoms with van der Waals surface area (Å²) in [5.74, 6) is 2.23. The molecule has 0 amide bonds. The van der Waals surface area contributed by atoms with Gasteiger partial charge in [0.25, 0.3) is 0 Å². The van der Waals surface area contributed by atoms with E-state index in [2.05, 4.69) is 31.3 Å². The molecule has 1 aromatic rings. The second-order valence-electron chi connectivity index (χ2n) is 5.01. The molecule has 0 radical (unpaired) electrons. The average molecular weight is 279 g/mol. The van der Waals surface area contributed by atoms with Crippen LogP contribution in [0.3, 0.4) is 0 Å². The largest absolute Gasteiger partial charge is 0.490 e. The molecule has 20 heavy (non-hydrogen) atoms. The van der Waals surface area contributed by atoms with E-state index in [0.29, 0.717) is 19.1 Å². The molecular weight excluding hydrogens is 250 g/mol. The van der Waals surface area contributed by atoms with E-state index >= 15 is 0 Å². The summed E-state index contributed by atoms with van der Waals surface area (Å²) in [5.41, 5.74) is 1.32. The third kappa shape index (κ3) is 5.41. The van der Waals surface area contributed by atoms with Crippen LogP contribution in [0, 0.1) is 0 Å². The Hall–Kier alpha value is -1.22. The van der Waals surface area contributed by atoms with E-state index in [1.165, 1.54) is 12.0 Å². The van der Waals surface area contributed by atoms with E-state index < -0.39 is 0 Å². The van der Waals surface area contributed by atoms with Gasteiger partial charge in [-0.1, -0.05) is 19.9 Å². The normalized spacial score (nSPS) is 12.2. The number of hydrogen-bond acceptors (Lipinski definition) is 3. The Kier molecular flexibility index (Phi) is 8.12. The highest BCUT2D eigenvalue weighted by Gasteiger charge is 2.10. The highest BCUT2D eigenvalue weighted by Crippen LogP contribution is 2.32. The molecule has 0 aromatic heterocycles. The lowest BCUT2D eigenvalue weighted by atomic mass is 9.97. The zero-order valence-electron chi connectivity index (χ0n) is 13.4. The van der Waals surface area contributed by atoms with Gasteiger partial charge in [-0.3, -0.25) is 0 Å². The van der Waals surface area contributed by atoms with Crippen LogP contribution in [0.5, 0.6) is 11.5 Å². The van der Waals surface area contributed by atoms with Gasteiger partial charge in [0, 0.05) is 0 Å². The number of hydrogen-bond donors (Lipinski definition) is 1. The van der Waals surface area contributed by atoms with Gasteiger partial charge in [-0.05, 0) is 63.4 Å². The van der Waals surface area contributed by atoms with E-state index in [1.54, 1.807) is 0 Å². The molecule has 0 saturated carbocycles.